The number of esters is 1. The van der Waals surface area contributed by atoms with E-state index in [9.17, 15) is 4.79 Å². The number of methoxy groups -OCH3 is 1. The van der Waals surface area contributed by atoms with Gasteiger partial charge in [0.25, 0.3) is 0 Å². The molecule has 1 aromatic rings. The third-order valence-electron chi connectivity index (χ3n) is 4.27. The van der Waals surface area contributed by atoms with Gasteiger partial charge in [-0.25, -0.2) is 0 Å². The number of hydrogen-bond acceptors (Lipinski definition) is 3. The molecule has 1 aliphatic carbocycles. The van der Waals surface area contributed by atoms with Crippen molar-refractivity contribution in [3.63, 3.8) is 0 Å². The summed E-state index contributed by atoms with van der Waals surface area (Å²) in [6, 6.07) is 2.74. The van der Waals surface area contributed by atoms with Crippen LogP contribution >= 0.6 is 0 Å². The monoisotopic (exact) mass is 264 g/mol. The van der Waals surface area contributed by atoms with E-state index >= 15 is 0 Å². The fourth-order valence-corrected chi connectivity index (χ4v) is 2.92. The number of nitrogens with zero attached hydrogens (tertiary/aromatic N) is 1. The Morgan fingerprint density at radius 2 is 2.16 bits per heavy atom. The maximum atomic E-state index is 11.5. The zero-order chi connectivity index (χ0) is 13.7. The Hall–Kier alpha value is -1.29. The van der Waals surface area contributed by atoms with E-state index in [1.165, 1.54) is 12.7 Å². The zero-order valence-electron chi connectivity index (χ0n) is 11.9. The highest BCUT2D eigenvalue weighted by Crippen LogP contribution is 2.27. The lowest BCUT2D eigenvalue weighted by atomic mass is 9.85. The Morgan fingerprint density at radius 1 is 1.42 bits per heavy atom. The van der Waals surface area contributed by atoms with Crippen LogP contribution < -0.4 is 0 Å². The fourth-order valence-electron chi connectivity index (χ4n) is 2.92. The Kier molecular flexibility index (Phi) is 5.02. The summed E-state index contributed by atoms with van der Waals surface area (Å²) in [5.74, 6) is 0.0905. The maximum absolute atomic E-state index is 11.5. The molecule has 1 saturated carbocycles. The van der Waals surface area contributed by atoms with Crippen LogP contribution in [0.15, 0.2) is 18.5 Å². The highest BCUT2D eigenvalue weighted by Gasteiger charge is 2.28. The van der Waals surface area contributed by atoms with E-state index in [1.807, 2.05) is 6.20 Å². The van der Waals surface area contributed by atoms with Crippen LogP contribution in [-0.4, -0.2) is 42.6 Å². The lowest BCUT2D eigenvalue weighted by Crippen LogP contribution is -2.37. The van der Waals surface area contributed by atoms with Gasteiger partial charge in [0.2, 0.25) is 0 Å². The standard InChI is InChI=1S/C15H24N2O2/c1-17(10-8-12-7-9-16-11-12)14-5-3-13(4-6-14)15(18)19-2/h7,9,11,13-14,16H,3-6,8,10H2,1-2H3. The Balaban J connectivity index is 1.73. The molecule has 1 heterocycles. The molecule has 0 aliphatic heterocycles. The van der Waals surface area contributed by atoms with Crippen LogP contribution in [0.3, 0.4) is 0 Å². The molecule has 1 aliphatic rings. The molecule has 2 rings (SSSR count). The van der Waals surface area contributed by atoms with Crippen LogP contribution in [0.5, 0.6) is 0 Å². The number of H-pyrrole nitrogens is 1. The second kappa shape index (κ2) is 6.75. The minimum absolute atomic E-state index is 0.0339. The number of aromatic nitrogens is 1. The van der Waals surface area contributed by atoms with Crippen LogP contribution in [0, 0.1) is 5.92 Å². The predicted octanol–water partition coefficient (Wildman–Crippen LogP) is 2.22. The largest absolute Gasteiger partial charge is 0.469 e. The Morgan fingerprint density at radius 3 is 2.74 bits per heavy atom. The number of aromatic amines is 1. The van der Waals surface area contributed by atoms with Crippen molar-refractivity contribution < 1.29 is 9.53 Å². The summed E-state index contributed by atoms with van der Waals surface area (Å²) in [5, 5.41) is 0. The number of ether oxygens (including phenoxy) is 1. The minimum atomic E-state index is -0.0339. The predicted molar refractivity (Wildman–Crippen MR) is 74.9 cm³/mol. The number of likely N-dealkylation sites (N-methyl/N-ethyl adjacent to an activating group) is 1. The molecule has 0 aromatic carbocycles. The first-order valence-corrected chi connectivity index (χ1v) is 7.10. The Bertz CT molecular complexity index is 381. The molecule has 0 atom stereocenters. The molecule has 0 bridgehead atoms. The van der Waals surface area contributed by atoms with Gasteiger partial charge in [0.1, 0.15) is 0 Å². The third-order valence-corrected chi connectivity index (χ3v) is 4.27. The van der Waals surface area contributed by atoms with E-state index in [2.05, 4.69) is 29.2 Å². The van der Waals surface area contributed by atoms with E-state index in [4.69, 9.17) is 4.74 Å². The van der Waals surface area contributed by atoms with Crippen molar-refractivity contribution in [1.82, 2.24) is 9.88 Å². The smallest absolute Gasteiger partial charge is 0.308 e. The third kappa shape index (κ3) is 3.83. The van der Waals surface area contributed by atoms with E-state index in [0.29, 0.717) is 6.04 Å². The van der Waals surface area contributed by atoms with Crippen molar-refractivity contribution in [3.8, 4) is 0 Å². The minimum Gasteiger partial charge on any atom is -0.469 e. The van der Waals surface area contributed by atoms with Crippen molar-refractivity contribution in [1.29, 1.82) is 0 Å². The first-order valence-electron chi connectivity index (χ1n) is 7.10. The summed E-state index contributed by atoms with van der Waals surface area (Å²) in [6.45, 7) is 1.07. The van der Waals surface area contributed by atoms with Gasteiger partial charge in [0, 0.05) is 25.0 Å². The molecule has 19 heavy (non-hydrogen) atoms. The van der Waals surface area contributed by atoms with Crippen LogP contribution in [0.1, 0.15) is 31.2 Å². The summed E-state index contributed by atoms with van der Waals surface area (Å²) < 4.78 is 4.83. The van der Waals surface area contributed by atoms with Crippen molar-refractivity contribution in [2.45, 2.75) is 38.1 Å². The van der Waals surface area contributed by atoms with Crippen molar-refractivity contribution in [3.05, 3.63) is 24.0 Å². The summed E-state index contributed by atoms with van der Waals surface area (Å²) in [7, 11) is 3.67. The molecule has 1 aromatic heterocycles. The second-order valence-corrected chi connectivity index (χ2v) is 5.48. The molecule has 0 unspecified atom stereocenters. The highest BCUT2D eigenvalue weighted by molar-refractivity contribution is 5.72. The number of carbonyl (C=O) groups is 1. The summed E-state index contributed by atoms with van der Waals surface area (Å²) in [6.07, 6.45) is 9.24. The lowest BCUT2D eigenvalue weighted by Gasteiger charge is -2.33. The molecule has 0 spiro atoms. The average Bonchev–Trinajstić information content (AvgIpc) is 2.97. The summed E-state index contributed by atoms with van der Waals surface area (Å²) >= 11 is 0. The van der Waals surface area contributed by atoms with Gasteiger partial charge in [-0.05, 0) is 50.8 Å². The van der Waals surface area contributed by atoms with E-state index in [0.717, 1.165) is 38.6 Å². The van der Waals surface area contributed by atoms with Gasteiger partial charge in [-0.15, -0.1) is 0 Å². The summed E-state index contributed by atoms with van der Waals surface area (Å²) in [5.41, 5.74) is 1.36. The van der Waals surface area contributed by atoms with Gasteiger partial charge in [-0.3, -0.25) is 4.79 Å². The second-order valence-electron chi connectivity index (χ2n) is 5.48. The first kappa shape index (κ1) is 14.1. The maximum Gasteiger partial charge on any atom is 0.308 e. The first-order chi connectivity index (χ1) is 9.20. The number of nitrogens with one attached hydrogen (secondary N) is 1. The van der Waals surface area contributed by atoms with Gasteiger partial charge in [-0.1, -0.05) is 0 Å². The molecular weight excluding hydrogens is 240 g/mol. The van der Waals surface area contributed by atoms with E-state index in [-0.39, 0.29) is 11.9 Å². The molecule has 4 nitrogen and oxygen atoms in total. The zero-order valence-corrected chi connectivity index (χ0v) is 11.9. The van der Waals surface area contributed by atoms with Crippen LogP contribution in [-0.2, 0) is 16.0 Å². The van der Waals surface area contributed by atoms with Gasteiger partial charge in [0.15, 0.2) is 0 Å². The van der Waals surface area contributed by atoms with Crippen molar-refractivity contribution >= 4 is 5.97 Å². The quantitative estimate of drug-likeness (QED) is 0.829. The fraction of sp³-hybridized carbons (Fsp3) is 0.667. The molecule has 1 N–H and O–H groups in total. The Labute approximate surface area is 115 Å². The molecule has 0 radical (unpaired) electrons. The van der Waals surface area contributed by atoms with E-state index < -0.39 is 0 Å². The van der Waals surface area contributed by atoms with Gasteiger partial charge in [-0.2, -0.15) is 0 Å². The number of hydrogen-bond donors (Lipinski definition) is 1. The summed E-state index contributed by atoms with van der Waals surface area (Å²) in [4.78, 5) is 17.0. The molecule has 0 amide bonds. The highest BCUT2D eigenvalue weighted by atomic mass is 16.5. The van der Waals surface area contributed by atoms with Crippen molar-refractivity contribution in [2.24, 2.45) is 5.92 Å². The van der Waals surface area contributed by atoms with Gasteiger partial charge >= 0.3 is 5.97 Å². The molecule has 1 fully saturated rings. The van der Waals surface area contributed by atoms with Crippen LogP contribution in [0.2, 0.25) is 0 Å². The SMILES string of the molecule is COC(=O)C1CCC(N(C)CCc2cc[nH]c2)CC1. The van der Waals surface area contributed by atoms with Gasteiger partial charge < -0.3 is 14.6 Å². The van der Waals surface area contributed by atoms with Gasteiger partial charge in [0.05, 0.1) is 13.0 Å². The topological polar surface area (TPSA) is 45.3 Å². The normalized spacial score (nSPS) is 23.5. The molecule has 0 saturated heterocycles. The number of rotatable bonds is 5. The molecule has 106 valence electrons. The lowest BCUT2D eigenvalue weighted by molar-refractivity contribution is -0.146. The molecular formula is C15H24N2O2. The van der Waals surface area contributed by atoms with Crippen LogP contribution in [0.25, 0.3) is 0 Å². The van der Waals surface area contributed by atoms with Crippen LogP contribution in [0.4, 0.5) is 0 Å². The number of carbonyl (C=O) groups excluding carboxylic acids is 1. The van der Waals surface area contributed by atoms with E-state index in [1.54, 1.807) is 0 Å². The van der Waals surface area contributed by atoms with Crippen molar-refractivity contribution in [2.75, 3.05) is 20.7 Å². The average molecular weight is 264 g/mol. The molecule has 4 heteroatoms.